The molecule has 0 bridgehead atoms. The van der Waals surface area contributed by atoms with Crippen LogP contribution in [0.25, 0.3) is 0 Å². The summed E-state index contributed by atoms with van der Waals surface area (Å²) >= 11 is 0. The molecule has 4 N–H and O–H groups in total. The van der Waals surface area contributed by atoms with Crippen LogP contribution in [-0.4, -0.2) is 12.2 Å². The van der Waals surface area contributed by atoms with Gasteiger partial charge in [0.25, 0.3) is 6.29 Å². The van der Waals surface area contributed by atoms with Gasteiger partial charge >= 0.3 is 12.2 Å². The predicted molar refractivity (Wildman–Crippen MR) is 309 cm³/mol. The fraction of sp³-hybridized carbons (Fsp3) is 0.877. The maximum atomic E-state index is 11.7. The molecule has 0 aliphatic rings. The Hall–Kier alpha value is -2.24. The Bertz CT molecular complexity index is 1250. The lowest BCUT2D eigenvalue weighted by Crippen LogP contribution is -2.25. The van der Waals surface area contributed by atoms with Gasteiger partial charge in [-0.1, -0.05) is 353 Å². The van der Waals surface area contributed by atoms with Crippen LogP contribution in [0.3, 0.4) is 0 Å². The molecule has 0 fully saturated rings. The summed E-state index contributed by atoms with van der Waals surface area (Å²) in [6, 6.07) is 6.22. The van der Waals surface area contributed by atoms with Crippen molar-refractivity contribution in [2.24, 2.45) is 11.5 Å². The number of benzene rings is 1. The molecule has 1 aromatic rings. The highest BCUT2D eigenvalue weighted by Gasteiger charge is 2.22. The van der Waals surface area contributed by atoms with E-state index >= 15 is 0 Å². The fourth-order valence-electron chi connectivity index (χ4n) is 10.9. The minimum absolute atomic E-state index is 0.663. The van der Waals surface area contributed by atoms with Gasteiger partial charge in [0.1, 0.15) is 0 Å². The third-order valence-electron chi connectivity index (χ3n) is 15.5. The minimum atomic E-state index is -1.23. The van der Waals surface area contributed by atoms with E-state index < -0.39 is 18.5 Å². The lowest BCUT2D eigenvalue weighted by atomic mass is 9.95. The fourth-order valence-corrected chi connectivity index (χ4v) is 10.9. The van der Waals surface area contributed by atoms with Crippen molar-refractivity contribution in [1.29, 1.82) is 0 Å². The van der Waals surface area contributed by atoms with Gasteiger partial charge in [0, 0.05) is 5.56 Å². The first-order chi connectivity index (χ1) is 35.0. The summed E-state index contributed by atoms with van der Waals surface area (Å²) in [5, 5.41) is 0. The first kappa shape index (κ1) is 66.8. The van der Waals surface area contributed by atoms with E-state index in [1.54, 1.807) is 0 Å². The molecule has 71 heavy (non-hydrogen) atoms. The van der Waals surface area contributed by atoms with Gasteiger partial charge in [0.05, 0.1) is 0 Å². The molecule has 0 aliphatic heterocycles. The van der Waals surface area contributed by atoms with Crippen LogP contribution in [-0.2, 0) is 22.3 Å². The van der Waals surface area contributed by atoms with Gasteiger partial charge in [-0.3, -0.25) is 0 Å². The summed E-state index contributed by atoms with van der Waals surface area (Å²) in [4.78, 5) is 23.5. The van der Waals surface area contributed by atoms with E-state index in [0.29, 0.717) is 5.56 Å². The lowest BCUT2D eigenvalue weighted by molar-refractivity contribution is -0.0583. The maximum absolute atomic E-state index is 11.7. The predicted octanol–water partition coefficient (Wildman–Crippen LogP) is 22.3. The maximum Gasteiger partial charge on any atom is 0.407 e. The molecular formula is C65H122N2O4. The number of aryl methyl sites for hydroxylation is 2. The van der Waals surface area contributed by atoms with Crippen molar-refractivity contribution in [3.05, 3.63) is 34.9 Å². The van der Waals surface area contributed by atoms with Gasteiger partial charge in [0.15, 0.2) is 0 Å². The largest absolute Gasteiger partial charge is 0.407 e. The average molecular weight is 996 g/mol. The van der Waals surface area contributed by atoms with Crippen molar-refractivity contribution in [2.45, 2.75) is 367 Å². The zero-order valence-electron chi connectivity index (χ0n) is 47.8. The summed E-state index contributed by atoms with van der Waals surface area (Å²) < 4.78 is 10.4. The molecule has 1 rings (SSSR count). The topological polar surface area (TPSA) is 105 Å². The standard InChI is InChI=1S/C65H122N2O4/c1-3-5-7-9-11-13-15-17-19-21-23-25-27-29-31-33-35-37-39-41-43-45-47-49-51-53-55-60-57-58-62(63(70-64(66)68)71-65(67)69)61(59-60)56-54-52-50-48-46-44-42-40-38-36-34-32-30-28-26-24-22-20-18-16-14-12-10-8-6-4-2/h57-59,63H,3-56H2,1-2H3,(H2,66,68)(H2,67,69). The van der Waals surface area contributed by atoms with Crippen molar-refractivity contribution < 1.29 is 19.1 Å². The second-order valence-electron chi connectivity index (χ2n) is 22.4. The Kier molecular flexibility index (Phi) is 50.8. The van der Waals surface area contributed by atoms with Crippen LogP contribution in [0.5, 0.6) is 0 Å². The first-order valence-electron chi connectivity index (χ1n) is 32.0. The second kappa shape index (κ2) is 54.0. The number of primary amides is 2. The Morgan fingerprint density at radius 1 is 0.324 bits per heavy atom. The molecular weight excluding hydrogens is 873 g/mol. The van der Waals surface area contributed by atoms with Crippen LogP contribution in [0.4, 0.5) is 9.59 Å². The minimum Gasteiger partial charge on any atom is -0.405 e. The van der Waals surface area contributed by atoms with E-state index in [1.165, 1.54) is 320 Å². The number of nitrogens with two attached hydrogens (primary N) is 2. The van der Waals surface area contributed by atoms with E-state index in [4.69, 9.17) is 20.9 Å². The highest BCUT2D eigenvalue weighted by molar-refractivity contribution is 5.67. The number of hydrogen-bond donors (Lipinski definition) is 2. The third-order valence-corrected chi connectivity index (χ3v) is 15.5. The molecule has 0 aliphatic carbocycles. The molecule has 0 aromatic heterocycles. The zero-order valence-corrected chi connectivity index (χ0v) is 47.8. The Morgan fingerprint density at radius 3 is 0.761 bits per heavy atom. The van der Waals surface area contributed by atoms with Gasteiger partial charge in [-0.25, -0.2) is 9.59 Å². The SMILES string of the molecule is CCCCCCCCCCCCCCCCCCCCCCCCCCCCc1ccc(C(OC(N)=O)OC(N)=O)c(CCCCCCCCCCCCCCCCCCCCCCCCCCCC)c1. The number of hydrogen-bond acceptors (Lipinski definition) is 4. The second-order valence-corrected chi connectivity index (χ2v) is 22.4. The molecule has 0 unspecified atom stereocenters. The zero-order chi connectivity index (χ0) is 51.2. The van der Waals surface area contributed by atoms with Gasteiger partial charge in [-0.15, -0.1) is 0 Å². The quantitative estimate of drug-likeness (QED) is 0.0501. The molecule has 0 radical (unpaired) electrons. The van der Waals surface area contributed by atoms with Crippen molar-refractivity contribution in [2.75, 3.05) is 0 Å². The van der Waals surface area contributed by atoms with E-state index in [0.717, 1.165) is 37.7 Å². The van der Waals surface area contributed by atoms with Crippen LogP contribution in [0.2, 0.25) is 0 Å². The summed E-state index contributed by atoms with van der Waals surface area (Å²) in [7, 11) is 0. The molecule has 1 aromatic carbocycles. The van der Waals surface area contributed by atoms with Gasteiger partial charge < -0.3 is 20.9 Å². The van der Waals surface area contributed by atoms with Crippen molar-refractivity contribution in [1.82, 2.24) is 0 Å². The van der Waals surface area contributed by atoms with Crippen molar-refractivity contribution in [3.8, 4) is 0 Å². The molecule has 0 atom stereocenters. The molecule has 416 valence electrons. The third kappa shape index (κ3) is 47.2. The Balaban J connectivity index is 2.10. The van der Waals surface area contributed by atoms with Crippen LogP contribution in [0, 0.1) is 0 Å². The highest BCUT2D eigenvalue weighted by Crippen LogP contribution is 2.28. The number of ether oxygens (including phenoxy) is 2. The molecule has 0 saturated carbocycles. The van der Waals surface area contributed by atoms with Crippen LogP contribution < -0.4 is 11.5 Å². The molecule has 2 amide bonds. The number of rotatable bonds is 57. The number of carbonyl (C=O) groups is 2. The molecule has 6 nitrogen and oxygen atoms in total. The molecule has 0 spiro atoms. The van der Waals surface area contributed by atoms with Gasteiger partial charge in [-0.2, -0.15) is 0 Å². The molecule has 0 saturated heterocycles. The summed E-state index contributed by atoms with van der Waals surface area (Å²) in [6.45, 7) is 4.60. The molecule has 6 heteroatoms. The Labute approximate surface area is 442 Å². The summed E-state index contributed by atoms with van der Waals surface area (Å²) in [6.07, 6.45) is 71.2. The van der Waals surface area contributed by atoms with E-state index in [1.807, 2.05) is 6.07 Å². The average Bonchev–Trinajstić information content (AvgIpc) is 3.35. The Morgan fingerprint density at radius 2 is 0.535 bits per heavy atom. The lowest BCUT2D eigenvalue weighted by Gasteiger charge is -2.20. The van der Waals surface area contributed by atoms with Crippen LogP contribution in [0.15, 0.2) is 18.2 Å². The van der Waals surface area contributed by atoms with Gasteiger partial charge in [0.2, 0.25) is 0 Å². The normalized spacial score (nSPS) is 11.5. The van der Waals surface area contributed by atoms with E-state index in [2.05, 4.69) is 26.0 Å². The highest BCUT2D eigenvalue weighted by atomic mass is 16.7. The van der Waals surface area contributed by atoms with Gasteiger partial charge in [-0.05, 0) is 36.8 Å². The van der Waals surface area contributed by atoms with Crippen molar-refractivity contribution >= 4 is 12.2 Å². The first-order valence-corrected chi connectivity index (χ1v) is 32.0. The number of amides is 2. The smallest absolute Gasteiger partial charge is 0.405 e. The number of carbonyl (C=O) groups excluding carboxylic acids is 2. The summed E-state index contributed by atoms with van der Waals surface area (Å²) in [5.74, 6) is 0. The molecule has 0 heterocycles. The van der Waals surface area contributed by atoms with Crippen LogP contribution in [0.1, 0.15) is 371 Å². The summed E-state index contributed by atoms with van der Waals surface area (Å²) in [5.41, 5.74) is 13.7. The van der Waals surface area contributed by atoms with Crippen LogP contribution >= 0.6 is 0 Å². The number of unbranched alkanes of at least 4 members (excludes halogenated alkanes) is 50. The monoisotopic (exact) mass is 995 g/mol. The van der Waals surface area contributed by atoms with E-state index in [9.17, 15) is 9.59 Å². The van der Waals surface area contributed by atoms with E-state index in [-0.39, 0.29) is 0 Å². The van der Waals surface area contributed by atoms with Crippen molar-refractivity contribution in [3.63, 3.8) is 0 Å².